The summed E-state index contributed by atoms with van der Waals surface area (Å²) >= 11 is 0. The Morgan fingerprint density at radius 1 is 0.897 bits per heavy atom. The largest absolute Gasteiger partial charge is 0.488 e. The monoisotopic (exact) mass is 532 g/mol. The third-order valence-electron chi connectivity index (χ3n) is 7.89. The maximum atomic E-state index is 12.9. The van der Waals surface area contributed by atoms with Crippen LogP contribution >= 0.6 is 0 Å². The van der Waals surface area contributed by atoms with Crippen LogP contribution in [-0.4, -0.2) is 102 Å². The first-order chi connectivity index (χ1) is 19.1. The predicted molar refractivity (Wildman–Crippen MR) is 148 cm³/mol. The number of morpholine rings is 1. The Morgan fingerprint density at radius 3 is 2.36 bits per heavy atom. The summed E-state index contributed by atoms with van der Waals surface area (Å²) in [5.41, 5.74) is 3.20. The van der Waals surface area contributed by atoms with Gasteiger partial charge < -0.3 is 29.5 Å². The highest BCUT2D eigenvalue weighted by Gasteiger charge is 2.26. The van der Waals surface area contributed by atoms with E-state index in [1.54, 1.807) is 24.8 Å². The summed E-state index contributed by atoms with van der Waals surface area (Å²) in [6.07, 6.45) is 10.2. The zero-order chi connectivity index (χ0) is 26.6. The fraction of sp³-hybridized carbons (Fsp3) is 0.536. The molecular formula is C28H36N8O3. The molecule has 0 unspecified atom stereocenters. The number of piperazine rings is 1. The van der Waals surface area contributed by atoms with Gasteiger partial charge in [-0.3, -0.25) is 9.78 Å². The number of anilines is 2. The minimum Gasteiger partial charge on any atom is -0.488 e. The summed E-state index contributed by atoms with van der Waals surface area (Å²) in [6.45, 7) is 6.90. The van der Waals surface area contributed by atoms with Gasteiger partial charge >= 0.3 is 0 Å². The third kappa shape index (κ3) is 6.04. The maximum absolute atomic E-state index is 12.9. The van der Waals surface area contributed by atoms with Gasteiger partial charge in [0.1, 0.15) is 11.3 Å². The molecule has 2 saturated heterocycles. The number of fused-ring (bicyclic) bond motifs is 1. The van der Waals surface area contributed by atoms with Crippen LogP contribution in [0.1, 0.15) is 36.0 Å². The van der Waals surface area contributed by atoms with Crippen molar-refractivity contribution >= 4 is 28.6 Å². The Kier molecular flexibility index (Phi) is 7.69. The van der Waals surface area contributed by atoms with E-state index in [-0.39, 0.29) is 18.1 Å². The van der Waals surface area contributed by atoms with Gasteiger partial charge in [0.2, 0.25) is 5.95 Å². The first-order valence-corrected chi connectivity index (χ1v) is 13.9. The van der Waals surface area contributed by atoms with Crippen molar-refractivity contribution in [3.8, 4) is 5.75 Å². The van der Waals surface area contributed by atoms with Crippen molar-refractivity contribution in [3.63, 3.8) is 0 Å². The second-order valence-corrected chi connectivity index (χ2v) is 10.6. The highest BCUT2D eigenvalue weighted by atomic mass is 16.5. The van der Waals surface area contributed by atoms with Crippen molar-refractivity contribution in [1.29, 1.82) is 0 Å². The zero-order valence-corrected chi connectivity index (χ0v) is 22.5. The number of likely N-dealkylation sites (N-methyl/N-ethyl adjacent to an activating group) is 1. The van der Waals surface area contributed by atoms with Crippen LogP contribution < -0.4 is 19.9 Å². The number of rotatable bonds is 6. The maximum Gasteiger partial charge on any atom is 0.254 e. The highest BCUT2D eigenvalue weighted by molar-refractivity contribution is 5.93. The number of nitrogens with one attached hydrogen (secondary N) is 1. The standard InChI is InChI=1S/C28H36N8O3/c1-34-8-10-36(11-9-34)28-31-18-20(19-32-28)27(37)33-21-2-4-23(5-3-21)39-25-17-22(35-12-14-38-15-13-35)16-24-26(25)30-7-6-29-24/h6-7,16-19,21,23H,2-5,8-15H2,1H3,(H,33,37)/t21-,23+. The number of aromatic nitrogens is 4. The fourth-order valence-corrected chi connectivity index (χ4v) is 5.50. The van der Waals surface area contributed by atoms with E-state index in [2.05, 4.69) is 59.1 Å². The van der Waals surface area contributed by atoms with Crippen molar-refractivity contribution in [1.82, 2.24) is 30.2 Å². The van der Waals surface area contributed by atoms with Crippen LogP contribution in [0.5, 0.6) is 5.75 Å². The number of carbonyl (C=O) groups is 1. The van der Waals surface area contributed by atoms with Crippen molar-refractivity contribution < 1.29 is 14.3 Å². The van der Waals surface area contributed by atoms with Crippen molar-refractivity contribution in [2.24, 2.45) is 0 Å². The molecule has 6 rings (SSSR count). The fourth-order valence-electron chi connectivity index (χ4n) is 5.50. The van der Waals surface area contributed by atoms with Crippen LogP contribution in [0.3, 0.4) is 0 Å². The average Bonchev–Trinajstić information content (AvgIpc) is 2.99. The van der Waals surface area contributed by atoms with E-state index in [1.807, 2.05) is 0 Å². The SMILES string of the molecule is CN1CCN(c2ncc(C(=O)N[C@H]3CC[C@@H](Oc4cc(N5CCOCC5)cc5nccnc45)CC3)cn2)CC1. The lowest BCUT2D eigenvalue weighted by Crippen LogP contribution is -2.45. The Balaban J connectivity index is 1.04. The molecular weight excluding hydrogens is 496 g/mol. The minimum absolute atomic E-state index is 0.0644. The number of carbonyl (C=O) groups excluding carboxylic acids is 1. The van der Waals surface area contributed by atoms with Gasteiger partial charge in [0.15, 0.2) is 0 Å². The summed E-state index contributed by atoms with van der Waals surface area (Å²) in [5, 5.41) is 3.17. The average molecular weight is 533 g/mol. The Hall–Kier alpha value is -3.57. The van der Waals surface area contributed by atoms with Crippen LogP contribution in [0, 0.1) is 0 Å². The first-order valence-electron chi connectivity index (χ1n) is 13.9. The van der Waals surface area contributed by atoms with Gasteiger partial charge in [-0.2, -0.15) is 0 Å². The zero-order valence-electron chi connectivity index (χ0n) is 22.5. The molecule has 1 aliphatic carbocycles. The lowest BCUT2D eigenvalue weighted by atomic mass is 9.92. The molecule has 3 aliphatic rings. The number of amides is 1. The molecule has 1 saturated carbocycles. The molecule has 0 radical (unpaired) electrons. The van der Waals surface area contributed by atoms with E-state index in [4.69, 9.17) is 9.47 Å². The molecule has 11 nitrogen and oxygen atoms in total. The molecule has 39 heavy (non-hydrogen) atoms. The van der Waals surface area contributed by atoms with E-state index >= 15 is 0 Å². The van der Waals surface area contributed by atoms with Gasteiger partial charge in [0, 0.05) is 81.9 Å². The molecule has 3 aromatic rings. The Labute approximate surface area is 228 Å². The van der Waals surface area contributed by atoms with Crippen LogP contribution in [0.4, 0.5) is 11.6 Å². The highest BCUT2D eigenvalue weighted by Crippen LogP contribution is 2.33. The number of nitrogens with zero attached hydrogens (tertiary/aromatic N) is 7. The molecule has 0 spiro atoms. The third-order valence-corrected chi connectivity index (χ3v) is 7.89. The van der Waals surface area contributed by atoms with Gasteiger partial charge in [0.05, 0.1) is 30.4 Å². The molecule has 1 amide bonds. The molecule has 206 valence electrons. The first kappa shape index (κ1) is 25.7. The molecule has 1 aromatic carbocycles. The topological polar surface area (TPSA) is 109 Å². The summed E-state index contributed by atoms with van der Waals surface area (Å²) < 4.78 is 12.0. The molecule has 3 fully saturated rings. The number of ether oxygens (including phenoxy) is 2. The molecule has 4 heterocycles. The van der Waals surface area contributed by atoms with Crippen molar-refractivity contribution in [2.75, 3.05) is 69.3 Å². The second kappa shape index (κ2) is 11.7. The second-order valence-electron chi connectivity index (χ2n) is 10.6. The van der Waals surface area contributed by atoms with Crippen LogP contribution in [0.15, 0.2) is 36.9 Å². The minimum atomic E-state index is -0.122. The Bertz CT molecular complexity index is 1270. The van der Waals surface area contributed by atoms with E-state index in [9.17, 15) is 4.79 Å². The molecule has 0 atom stereocenters. The van der Waals surface area contributed by atoms with Crippen molar-refractivity contribution in [2.45, 2.75) is 37.8 Å². The van der Waals surface area contributed by atoms with Crippen molar-refractivity contribution in [3.05, 3.63) is 42.5 Å². The van der Waals surface area contributed by atoms with E-state index in [0.29, 0.717) is 11.5 Å². The van der Waals surface area contributed by atoms with Crippen LogP contribution in [-0.2, 0) is 4.74 Å². The number of hydrogen-bond donors (Lipinski definition) is 1. The summed E-state index contributed by atoms with van der Waals surface area (Å²) in [6, 6.07) is 4.27. The quantitative estimate of drug-likeness (QED) is 0.507. The molecule has 1 N–H and O–H groups in total. The smallest absolute Gasteiger partial charge is 0.254 e. The van der Waals surface area contributed by atoms with E-state index < -0.39 is 0 Å². The van der Waals surface area contributed by atoms with Gasteiger partial charge in [-0.15, -0.1) is 0 Å². The lowest BCUT2D eigenvalue weighted by molar-refractivity contribution is 0.0894. The predicted octanol–water partition coefficient (Wildman–Crippen LogP) is 2.13. The van der Waals surface area contributed by atoms with E-state index in [0.717, 1.165) is 101 Å². The molecule has 11 heteroatoms. The van der Waals surface area contributed by atoms with Gasteiger partial charge in [0.25, 0.3) is 5.91 Å². The number of benzene rings is 1. The Morgan fingerprint density at radius 2 is 1.62 bits per heavy atom. The van der Waals surface area contributed by atoms with Crippen LogP contribution in [0.25, 0.3) is 11.0 Å². The molecule has 2 aromatic heterocycles. The van der Waals surface area contributed by atoms with E-state index in [1.165, 1.54) is 0 Å². The van der Waals surface area contributed by atoms with Gasteiger partial charge in [-0.1, -0.05) is 0 Å². The lowest BCUT2D eigenvalue weighted by Gasteiger charge is -2.32. The van der Waals surface area contributed by atoms with Crippen LogP contribution in [0.2, 0.25) is 0 Å². The summed E-state index contributed by atoms with van der Waals surface area (Å²) in [7, 11) is 2.12. The molecule has 0 bridgehead atoms. The molecule has 2 aliphatic heterocycles. The number of hydrogen-bond acceptors (Lipinski definition) is 10. The van der Waals surface area contributed by atoms with Gasteiger partial charge in [-0.05, 0) is 38.8 Å². The summed E-state index contributed by atoms with van der Waals surface area (Å²) in [5.74, 6) is 1.34. The summed E-state index contributed by atoms with van der Waals surface area (Å²) in [4.78, 5) is 37.6. The van der Waals surface area contributed by atoms with Gasteiger partial charge in [-0.25, -0.2) is 15.0 Å². The normalized spacial score (nSPS) is 22.6.